The van der Waals surface area contributed by atoms with Crippen LogP contribution in [0.2, 0.25) is 0 Å². The standard InChI is InChI=1S/C9H17NO/c1-9(5-6-9)10-7-3-2-4-8(7)11/h7-8,10-11H,2-6H2,1H3/t7-,8-/m0/s1. The molecule has 0 amide bonds. The molecule has 0 aromatic carbocycles. The Labute approximate surface area is 68.0 Å². The van der Waals surface area contributed by atoms with Gasteiger partial charge in [-0.05, 0) is 39.0 Å². The lowest BCUT2D eigenvalue weighted by molar-refractivity contribution is 0.142. The maximum atomic E-state index is 9.52. The van der Waals surface area contributed by atoms with Crippen molar-refractivity contribution in [3.63, 3.8) is 0 Å². The number of rotatable bonds is 2. The third-order valence-electron chi connectivity index (χ3n) is 3.01. The number of hydrogen-bond acceptors (Lipinski definition) is 2. The van der Waals surface area contributed by atoms with Crippen molar-refractivity contribution in [2.75, 3.05) is 0 Å². The highest BCUT2D eigenvalue weighted by molar-refractivity contribution is 5.01. The largest absolute Gasteiger partial charge is 0.392 e. The summed E-state index contributed by atoms with van der Waals surface area (Å²) in [6, 6.07) is 0.391. The molecular formula is C9H17NO. The highest BCUT2D eigenvalue weighted by Crippen LogP contribution is 2.36. The number of nitrogens with one attached hydrogen (secondary N) is 1. The predicted octanol–water partition coefficient (Wildman–Crippen LogP) is 1.04. The van der Waals surface area contributed by atoms with E-state index in [1.165, 1.54) is 19.3 Å². The van der Waals surface area contributed by atoms with E-state index in [2.05, 4.69) is 12.2 Å². The molecule has 2 N–H and O–H groups in total. The van der Waals surface area contributed by atoms with Gasteiger partial charge >= 0.3 is 0 Å². The summed E-state index contributed by atoms with van der Waals surface area (Å²) in [7, 11) is 0. The summed E-state index contributed by atoms with van der Waals surface area (Å²) in [6.07, 6.45) is 5.85. The van der Waals surface area contributed by atoms with Gasteiger partial charge in [0, 0.05) is 11.6 Å². The summed E-state index contributed by atoms with van der Waals surface area (Å²) >= 11 is 0. The van der Waals surface area contributed by atoms with Crippen molar-refractivity contribution >= 4 is 0 Å². The molecule has 0 heterocycles. The first kappa shape index (κ1) is 7.56. The van der Waals surface area contributed by atoms with Gasteiger partial charge < -0.3 is 10.4 Å². The van der Waals surface area contributed by atoms with Crippen LogP contribution >= 0.6 is 0 Å². The molecule has 0 spiro atoms. The highest BCUT2D eigenvalue weighted by Gasteiger charge is 2.41. The lowest BCUT2D eigenvalue weighted by Crippen LogP contribution is -2.42. The van der Waals surface area contributed by atoms with Crippen molar-refractivity contribution in [3.05, 3.63) is 0 Å². The van der Waals surface area contributed by atoms with E-state index >= 15 is 0 Å². The first-order valence-electron chi connectivity index (χ1n) is 4.65. The van der Waals surface area contributed by atoms with Crippen LogP contribution in [0.25, 0.3) is 0 Å². The van der Waals surface area contributed by atoms with Gasteiger partial charge in [0.1, 0.15) is 0 Å². The predicted molar refractivity (Wildman–Crippen MR) is 44.4 cm³/mol. The summed E-state index contributed by atoms with van der Waals surface area (Å²) in [4.78, 5) is 0. The molecule has 2 rings (SSSR count). The SMILES string of the molecule is CC1(N[C@H]2CCC[C@@H]2O)CC1. The van der Waals surface area contributed by atoms with E-state index in [4.69, 9.17) is 0 Å². The normalized spacial score (nSPS) is 40.9. The van der Waals surface area contributed by atoms with E-state index in [9.17, 15) is 5.11 Å². The Morgan fingerprint density at radius 3 is 2.55 bits per heavy atom. The first-order chi connectivity index (χ1) is 5.20. The topological polar surface area (TPSA) is 32.3 Å². The molecule has 0 aromatic heterocycles. The monoisotopic (exact) mass is 155 g/mol. The Morgan fingerprint density at radius 1 is 1.36 bits per heavy atom. The van der Waals surface area contributed by atoms with Gasteiger partial charge in [0.05, 0.1) is 6.10 Å². The molecule has 0 unspecified atom stereocenters. The van der Waals surface area contributed by atoms with Crippen LogP contribution in [0.3, 0.4) is 0 Å². The fraction of sp³-hybridized carbons (Fsp3) is 1.00. The molecule has 0 aromatic rings. The van der Waals surface area contributed by atoms with Gasteiger partial charge in [0.2, 0.25) is 0 Å². The molecule has 2 heteroatoms. The molecule has 64 valence electrons. The Kier molecular flexibility index (Phi) is 1.69. The van der Waals surface area contributed by atoms with Crippen molar-refractivity contribution in [2.45, 2.75) is 56.7 Å². The Balaban J connectivity index is 1.85. The maximum Gasteiger partial charge on any atom is 0.0693 e. The van der Waals surface area contributed by atoms with Gasteiger partial charge in [-0.25, -0.2) is 0 Å². The Morgan fingerprint density at radius 2 is 2.09 bits per heavy atom. The van der Waals surface area contributed by atoms with E-state index in [0.29, 0.717) is 11.6 Å². The van der Waals surface area contributed by atoms with Crippen molar-refractivity contribution in [3.8, 4) is 0 Å². The summed E-state index contributed by atoms with van der Waals surface area (Å²) in [5.41, 5.74) is 0.385. The van der Waals surface area contributed by atoms with E-state index in [1.807, 2.05) is 0 Å². The van der Waals surface area contributed by atoms with Crippen LogP contribution in [0.1, 0.15) is 39.0 Å². The average Bonchev–Trinajstić information content (AvgIpc) is 2.54. The van der Waals surface area contributed by atoms with Crippen molar-refractivity contribution in [1.29, 1.82) is 0 Å². The van der Waals surface area contributed by atoms with Gasteiger partial charge in [0.25, 0.3) is 0 Å². The van der Waals surface area contributed by atoms with E-state index in [-0.39, 0.29) is 6.10 Å². The van der Waals surface area contributed by atoms with Gasteiger partial charge in [0.15, 0.2) is 0 Å². The van der Waals surface area contributed by atoms with Crippen molar-refractivity contribution in [1.82, 2.24) is 5.32 Å². The zero-order chi connectivity index (χ0) is 7.90. The molecule has 0 bridgehead atoms. The summed E-state index contributed by atoms with van der Waals surface area (Å²) in [5, 5.41) is 13.0. The minimum Gasteiger partial charge on any atom is -0.392 e. The van der Waals surface area contributed by atoms with Crippen molar-refractivity contribution < 1.29 is 5.11 Å². The van der Waals surface area contributed by atoms with Crippen molar-refractivity contribution in [2.24, 2.45) is 0 Å². The highest BCUT2D eigenvalue weighted by atomic mass is 16.3. The molecule has 2 aliphatic carbocycles. The molecule has 2 atom stereocenters. The number of hydrogen-bond donors (Lipinski definition) is 2. The molecule has 2 nitrogen and oxygen atoms in total. The summed E-state index contributed by atoms with van der Waals surface area (Å²) in [5.74, 6) is 0. The summed E-state index contributed by atoms with van der Waals surface area (Å²) < 4.78 is 0. The Hall–Kier alpha value is -0.0800. The van der Waals surface area contributed by atoms with E-state index in [1.54, 1.807) is 0 Å². The van der Waals surface area contributed by atoms with E-state index in [0.717, 1.165) is 12.8 Å². The van der Waals surface area contributed by atoms with Gasteiger partial charge in [-0.15, -0.1) is 0 Å². The van der Waals surface area contributed by atoms with E-state index < -0.39 is 0 Å². The fourth-order valence-corrected chi connectivity index (χ4v) is 1.89. The van der Waals surface area contributed by atoms with Crippen LogP contribution in [0.15, 0.2) is 0 Å². The molecule has 11 heavy (non-hydrogen) atoms. The van der Waals surface area contributed by atoms with Gasteiger partial charge in [-0.3, -0.25) is 0 Å². The van der Waals surface area contributed by atoms with Crippen LogP contribution in [-0.2, 0) is 0 Å². The van der Waals surface area contributed by atoms with Crippen LogP contribution < -0.4 is 5.32 Å². The molecule has 0 saturated heterocycles. The fourth-order valence-electron chi connectivity index (χ4n) is 1.89. The maximum absolute atomic E-state index is 9.52. The van der Waals surface area contributed by atoms with Gasteiger partial charge in [-0.1, -0.05) is 0 Å². The molecule has 2 fully saturated rings. The second-order valence-electron chi connectivity index (χ2n) is 4.31. The first-order valence-corrected chi connectivity index (χ1v) is 4.65. The van der Waals surface area contributed by atoms with Crippen LogP contribution in [0.4, 0.5) is 0 Å². The lowest BCUT2D eigenvalue weighted by atomic mass is 10.2. The number of aliphatic hydroxyl groups excluding tert-OH is 1. The number of aliphatic hydroxyl groups is 1. The van der Waals surface area contributed by atoms with Crippen LogP contribution in [0.5, 0.6) is 0 Å². The molecule has 2 saturated carbocycles. The smallest absolute Gasteiger partial charge is 0.0693 e. The Bertz CT molecular complexity index is 154. The zero-order valence-electron chi connectivity index (χ0n) is 7.14. The molecule has 0 aliphatic heterocycles. The molecule has 2 aliphatic rings. The lowest BCUT2D eigenvalue weighted by Gasteiger charge is -2.21. The minimum atomic E-state index is -0.0765. The minimum absolute atomic E-state index is 0.0765. The summed E-state index contributed by atoms with van der Waals surface area (Å²) in [6.45, 7) is 2.25. The van der Waals surface area contributed by atoms with Gasteiger partial charge in [-0.2, -0.15) is 0 Å². The molecule has 0 radical (unpaired) electrons. The molecular weight excluding hydrogens is 138 g/mol. The van der Waals surface area contributed by atoms with Crippen LogP contribution in [-0.4, -0.2) is 22.8 Å². The van der Waals surface area contributed by atoms with Crippen LogP contribution in [0, 0.1) is 0 Å². The third-order valence-corrected chi connectivity index (χ3v) is 3.01. The zero-order valence-corrected chi connectivity index (χ0v) is 7.14. The third kappa shape index (κ3) is 1.57. The second-order valence-corrected chi connectivity index (χ2v) is 4.31. The second kappa shape index (κ2) is 2.46. The quantitative estimate of drug-likeness (QED) is 0.624. The average molecular weight is 155 g/mol.